The molecular weight excluding hydrogens is 207 g/mol. The summed E-state index contributed by atoms with van der Waals surface area (Å²) in [4.78, 5) is 13.7. The van der Waals surface area contributed by atoms with Gasteiger partial charge in [-0.15, -0.1) is 0 Å². The lowest BCUT2D eigenvalue weighted by Crippen LogP contribution is -2.19. The van der Waals surface area contributed by atoms with Crippen LogP contribution in [0.25, 0.3) is 10.9 Å². The molecule has 0 radical (unpaired) electrons. The molecule has 0 aliphatic heterocycles. The summed E-state index contributed by atoms with van der Waals surface area (Å²) in [7, 11) is 0. The Bertz CT molecular complexity index is 628. The van der Waals surface area contributed by atoms with Crippen molar-refractivity contribution >= 4 is 10.9 Å². The third-order valence-corrected chi connectivity index (χ3v) is 3.17. The molecule has 4 heteroatoms. The SMILES string of the molecule is NC1(c2ccc(F)c3[nH]c(=O)ccc23)CC1. The number of benzene rings is 1. The quantitative estimate of drug-likeness (QED) is 0.764. The van der Waals surface area contributed by atoms with Crippen molar-refractivity contribution in [2.45, 2.75) is 18.4 Å². The maximum absolute atomic E-state index is 13.5. The van der Waals surface area contributed by atoms with Gasteiger partial charge in [-0.2, -0.15) is 0 Å². The first-order chi connectivity index (χ1) is 7.60. The van der Waals surface area contributed by atoms with E-state index < -0.39 is 5.82 Å². The first-order valence-corrected chi connectivity index (χ1v) is 5.21. The second-order valence-electron chi connectivity index (χ2n) is 4.36. The maximum Gasteiger partial charge on any atom is 0.248 e. The summed E-state index contributed by atoms with van der Waals surface area (Å²) in [5, 5.41) is 0.708. The number of rotatable bonds is 1. The summed E-state index contributed by atoms with van der Waals surface area (Å²) in [5.41, 5.74) is 6.65. The zero-order chi connectivity index (χ0) is 11.3. The largest absolute Gasteiger partial charge is 0.321 e. The van der Waals surface area contributed by atoms with E-state index in [9.17, 15) is 9.18 Å². The fourth-order valence-electron chi connectivity index (χ4n) is 2.06. The smallest absolute Gasteiger partial charge is 0.248 e. The van der Waals surface area contributed by atoms with Gasteiger partial charge in [0.1, 0.15) is 5.82 Å². The number of aromatic nitrogens is 1. The lowest BCUT2D eigenvalue weighted by atomic mass is 10.00. The Hall–Kier alpha value is -1.68. The first-order valence-electron chi connectivity index (χ1n) is 5.21. The van der Waals surface area contributed by atoms with Gasteiger partial charge in [0.05, 0.1) is 5.52 Å². The van der Waals surface area contributed by atoms with Gasteiger partial charge in [0.25, 0.3) is 0 Å². The maximum atomic E-state index is 13.5. The second kappa shape index (κ2) is 2.92. The molecule has 1 aliphatic rings. The number of pyridine rings is 1. The van der Waals surface area contributed by atoms with Crippen LogP contribution in [0.4, 0.5) is 4.39 Å². The molecule has 82 valence electrons. The van der Waals surface area contributed by atoms with Gasteiger partial charge in [-0.1, -0.05) is 6.07 Å². The van der Waals surface area contributed by atoms with E-state index in [0.717, 1.165) is 18.4 Å². The van der Waals surface area contributed by atoms with E-state index >= 15 is 0 Å². The highest BCUT2D eigenvalue weighted by Crippen LogP contribution is 2.45. The van der Waals surface area contributed by atoms with Crippen LogP contribution in [0.2, 0.25) is 0 Å². The minimum absolute atomic E-state index is 0.252. The Kier molecular flexibility index (Phi) is 1.74. The molecular formula is C12H11FN2O. The molecule has 0 amide bonds. The van der Waals surface area contributed by atoms with Gasteiger partial charge in [-0.25, -0.2) is 4.39 Å². The number of hydrogen-bond acceptors (Lipinski definition) is 2. The molecule has 1 aromatic carbocycles. The van der Waals surface area contributed by atoms with E-state index in [-0.39, 0.29) is 16.6 Å². The Morgan fingerprint density at radius 3 is 2.69 bits per heavy atom. The molecule has 1 heterocycles. The van der Waals surface area contributed by atoms with Gasteiger partial charge in [-0.3, -0.25) is 4.79 Å². The van der Waals surface area contributed by atoms with Crippen LogP contribution in [0.1, 0.15) is 18.4 Å². The summed E-state index contributed by atoms with van der Waals surface area (Å²) >= 11 is 0. The Balaban J connectivity index is 2.40. The minimum atomic E-state index is -0.416. The first kappa shape index (κ1) is 9.54. The highest BCUT2D eigenvalue weighted by atomic mass is 19.1. The van der Waals surface area contributed by atoms with Gasteiger partial charge >= 0.3 is 0 Å². The van der Waals surface area contributed by atoms with Crippen molar-refractivity contribution in [1.29, 1.82) is 0 Å². The van der Waals surface area contributed by atoms with E-state index in [0.29, 0.717) is 5.39 Å². The molecule has 3 rings (SSSR count). The standard InChI is InChI=1S/C12H11FN2O/c13-9-3-2-8(12(14)5-6-12)7-1-4-10(16)15-11(7)9/h1-4H,5-6,14H2,(H,15,16). The summed E-state index contributed by atoms with van der Waals surface area (Å²) in [6.45, 7) is 0. The van der Waals surface area contributed by atoms with Crippen LogP contribution in [0.3, 0.4) is 0 Å². The number of H-pyrrole nitrogens is 1. The fraction of sp³-hybridized carbons (Fsp3) is 0.250. The lowest BCUT2D eigenvalue weighted by Gasteiger charge is -2.12. The molecule has 16 heavy (non-hydrogen) atoms. The van der Waals surface area contributed by atoms with E-state index in [4.69, 9.17) is 5.73 Å². The van der Waals surface area contributed by atoms with Crippen LogP contribution in [-0.2, 0) is 5.54 Å². The lowest BCUT2D eigenvalue weighted by molar-refractivity contribution is 0.634. The van der Waals surface area contributed by atoms with Gasteiger partial charge in [-0.05, 0) is 30.5 Å². The molecule has 3 nitrogen and oxygen atoms in total. The molecule has 0 bridgehead atoms. The molecule has 0 spiro atoms. The Labute approximate surface area is 91.1 Å². The summed E-state index contributed by atoms with van der Waals surface area (Å²) in [5.74, 6) is -0.416. The number of aromatic amines is 1. The highest BCUT2D eigenvalue weighted by molar-refractivity contribution is 5.84. The summed E-state index contributed by atoms with van der Waals surface area (Å²) in [6.07, 6.45) is 1.82. The normalized spacial score (nSPS) is 17.6. The van der Waals surface area contributed by atoms with Crippen molar-refractivity contribution in [2.24, 2.45) is 5.73 Å². The van der Waals surface area contributed by atoms with Crippen molar-refractivity contribution < 1.29 is 4.39 Å². The van der Waals surface area contributed by atoms with Gasteiger partial charge in [0.15, 0.2) is 0 Å². The number of hydrogen-bond donors (Lipinski definition) is 2. The van der Waals surface area contributed by atoms with Crippen molar-refractivity contribution in [3.63, 3.8) is 0 Å². The third kappa shape index (κ3) is 1.27. The molecule has 0 saturated heterocycles. The molecule has 0 atom stereocenters. The van der Waals surface area contributed by atoms with Gasteiger partial charge < -0.3 is 10.7 Å². The Morgan fingerprint density at radius 1 is 1.25 bits per heavy atom. The van der Waals surface area contributed by atoms with Crippen LogP contribution >= 0.6 is 0 Å². The van der Waals surface area contributed by atoms with Gasteiger partial charge in [0, 0.05) is 17.0 Å². The monoisotopic (exact) mass is 218 g/mol. The van der Waals surface area contributed by atoms with Crippen molar-refractivity contribution in [2.75, 3.05) is 0 Å². The minimum Gasteiger partial charge on any atom is -0.321 e. The zero-order valence-electron chi connectivity index (χ0n) is 8.59. The predicted octanol–water partition coefficient (Wildman–Crippen LogP) is 1.62. The van der Waals surface area contributed by atoms with E-state index in [1.165, 1.54) is 12.1 Å². The number of nitrogens with one attached hydrogen (secondary N) is 1. The third-order valence-electron chi connectivity index (χ3n) is 3.17. The van der Waals surface area contributed by atoms with Crippen molar-refractivity contribution in [3.05, 3.63) is 46.0 Å². The highest BCUT2D eigenvalue weighted by Gasteiger charge is 2.41. The molecule has 3 N–H and O–H groups in total. The van der Waals surface area contributed by atoms with Crippen LogP contribution in [0.5, 0.6) is 0 Å². The van der Waals surface area contributed by atoms with E-state index in [1.54, 1.807) is 12.1 Å². The average molecular weight is 218 g/mol. The molecule has 1 aliphatic carbocycles. The van der Waals surface area contributed by atoms with Crippen LogP contribution in [-0.4, -0.2) is 4.98 Å². The fourth-order valence-corrected chi connectivity index (χ4v) is 2.06. The second-order valence-corrected chi connectivity index (χ2v) is 4.36. The van der Waals surface area contributed by atoms with Crippen molar-refractivity contribution in [1.82, 2.24) is 4.98 Å². The molecule has 2 aromatic rings. The number of fused-ring (bicyclic) bond motifs is 1. The number of nitrogens with two attached hydrogens (primary N) is 1. The zero-order valence-corrected chi connectivity index (χ0v) is 8.59. The Morgan fingerprint density at radius 2 is 2.00 bits per heavy atom. The molecule has 1 aromatic heterocycles. The van der Waals surface area contributed by atoms with Crippen LogP contribution < -0.4 is 11.3 Å². The van der Waals surface area contributed by atoms with Gasteiger partial charge in [0.2, 0.25) is 5.56 Å². The summed E-state index contributed by atoms with van der Waals surface area (Å²) in [6, 6.07) is 6.11. The summed E-state index contributed by atoms with van der Waals surface area (Å²) < 4.78 is 13.5. The molecule has 1 saturated carbocycles. The molecule has 1 fully saturated rings. The topological polar surface area (TPSA) is 58.9 Å². The average Bonchev–Trinajstić information content (AvgIpc) is 2.99. The van der Waals surface area contributed by atoms with Crippen LogP contribution in [0, 0.1) is 5.82 Å². The number of halogens is 1. The van der Waals surface area contributed by atoms with Crippen molar-refractivity contribution in [3.8, 4) is 0 Å². The molecule has 0 unspecified atom stereocenters. The van der Waals surface area contributed by atoms with E-state index in [2.05, 4.69) is 4.98 Å². The van der Waals surface area contributed by atoms with E-state index in [1.807, 2.05) is 0 Å². The predicted molar refractivity (Wildman–Crippen MR) is 59.6 cm³/mol. The van der Waals surface area contributed by atoms with Crippen LogP contribution in [0.15, 0.2) is 29.1 Å².